The van der Waals surface area contributed by atoms with Crippen LogP contribution in [0.25, 0.3) is 10.8 Å². The van der Waals surface area contributed by atoms with Crippen molar-refractivity contribution in [2.75, 3.05) is 18.5 Å². The van der Waals surface area contributed by atoms with Crippen molar-refractivity contribution in [2.45, 2.75) is 39.2 Å². The Labute approximate surface area is 125 Å². The molecule has 4 heteroatoms. The van der Waals surface area contributed by atoms with Crippen LogP contribution in [0.5, 0.6) is 11.5 Å². The average molecular weight is 286 g/mol. The van der Waals surface area contributed by atoms with E-state index in [1.165, 1.54) is 12.8 Å². The number of nitrogens with zero attached hydrogens (tertiary/aromatic N) is 1. The van der Waals surface area contributed by atoms with Gasteiger partial charge in [0.25, 0.3) is 0 Å². The third-order valence-corrected chi connectivity index (χ3v) is 3.80. The molecule has 1 N–H and O–H groups in total. The predicted molar refractivity (Wildman–Crippen MR) is 85.3 cm³/mol. The second-order valence-electron chi connectivity index (χ2n) is 5.56. The molecule has 1 aliphatic heterocycles. The molecule has 0 spiro atoms. The number of nitrogens with one attached hydrogen (secondary N) is 1. The van der Waals surface area contributed by atoms with Gasteiger partial charge < -0.3 is 14.8 Å². The van der Waals surface area contributed by atoms with Gasteiger partial charge in [0.15, 0.2) is 11.5 Å². The van der Waals surface area contributed by atoms with Gasteiger partial charge in [0.2, 0.25) is 0 Å². The number of hydrogen-bond acceptors (Lipinski definition) is 4. The van der Waals surface area contributed by atoms with E-state index in [1.54, 1.807) is 0 Å². The minimum absolute atomic E-state index is 0.413. The summed E-state index contributed by atoms with van der Waals surface area (Å²) in [4.78, 5) is 4.50. The molecule has 0 amide bonds. The first-order valence-electron chi connectivity index (χ1n) is 7.73. The van der Waals surface area contributed by atoms with Crippen molar-refractivity contribution in [1.82, 2.24) is 4.98 Å². The maximum Gasteiger partial charge on any atom is 0.162 e. The molecular formula is C17H22N2O2. The lowest BCUT2D eigenvalue weighted by Gasteiger charge is -2.20. The minimum Gasteiger partial charge on any atom is -0.486 e. The summed E-state index contributed by atoms with van der Waals surface area (Å²) in [5.74, 6) is 2.56. The Morgan fingerprint density at radius 2 is 2.00 bits per heavy atom. The molecule has 4 nitrogen and oxygen atoms in total. The molecule has 1 aliphatic rings. The molecule has 0 bridgehead atoms. The standard InChI is InChI=1S/C17H22N2O2/c1-3-4-5-12(2)19-17-14-11-16-15(20-8-9-21-16)10-13(14)6-7-18-17/h6-7,10-12H,3-5,8-9H2,1-2H3,(H,18,19). The van der Waals surface area contributed by atoms with Gasteiger partial charge >= 0.3 is 0 Å². The number of unbranched alkanes of at least 4 members (excludes halogenated alkanes) is 1. The Balaban J connectivity index is 1.91. The van der Waals surface area contributed by atoms with Crippen LogP contribution >= 0.6 is 0 Å². The van der Waals surface area contributed by atoms with Crippen LogP contribution in [0.2, 0.25) is 0 Å². The lowest BCUT2D eigenvalue weighted by molar-refractivity contribution is 0.172. The van der Waals surface area contributed by atoms with E-state index in [-0.39, 0.29) is 0 Å². The summed E-state index contributed by atoms with van der Waals surface area (Å²) < 4.78 is 11.3. The fraction of sp³-hybridized carbons (Fsp3) is 0.471. The van der Waals surface area contributed by atoms with E-state index in [2.05, 4.69) is 24.1 Å². The van der Waals surface area contributed by atoms with Crippen molar-refractivity contribution in [2.24, 2.45) is 0 Å². The first-order valence-corrected chi connectivity index (χ1v) is 7.73. The SMILES string of the molecule is CCCCC(C)Nc1nccc2cc3c(cc12)OCCO3. The second-order valence-corrected chi connectivity index (χ2v) is 5.56. The number of hydrogen-bond donors (Lipinski definition) is 1. The largest absolute Gasteiger partial charge is 0.486 e. The maximum atomic E-state index is 5.68. The molecular weight excluding hydrogens is 264 g/mol. The lowest BCUT2D eigenvalue weighted by Crippen LogP contribution is -2.17. The van der Waals surface area contributed by atoms with E-state index in [4.69, 9.17) is 9.47 Å². The van der Waals surface area contributed by atoms with Crippen LogP contribution in [-0.2, 0) is 0 Å². The number of anilines is 1. The summed E-state index contributed by atoms with van der Waals surface area (Å²) in [6.07, 6.45) is 5.44. The zero-order chi connectivity index (χ0) is 14.7. The quantitative estimate of drug-likeness (QED) is 0.902. The van der Waals surface area contributed by atoms with Crippen LogP contribution in [0.15, 0.2) is 24.4 Å². The molecule has 1 aromatic carbocycles. The van der Waals surface area contributed by atoms with Crippen molar-refractivity contribution < 1.29 is 9.47 Å². The molecule has 0 saturated carbocycles. The van der Waals surface area contributed by atoms with Gasteiger partial charge in [-0.15, -0.1) is 0 Å². The van der Waals surface area contributed by atoms with Gasteiger partial charge in [-0.1, -0.05) is 19.8 Å². The number of rotatable bonds is 5. The molecule has 0 saturated heterocycles. The molecule has 112 valence electrons. The highest BCUT2D eigenvalue weighted by Crippen LogP contribution is 2.36. The van der Waals surface area contributed by atoms with Crippen molar-refractivity contribution >= 4 is 16.6 Å². The Kier molecular flexibility index (Phi) is 4.13. The topological polar surface area (TPSA) is 43.4 Å². The minimum atomic E-state index is 0.413. The summed E-state index contributed by atoms with van der Waals surface area (Å²) in [5, 5.41) is 5.73. The molecule has 3 rings (SSSR count). The molecule has 0 fully saturated rings. The van der Waals surface area contributed by atoms with E-state index in [1.807, 2.05) is 24.4 Å². The molecule has 2 heterocycles. The van der Waals surface area contributed by atoms with Crippen molar-refractivity contribution in [3.05, 3.63) is 24.4 Å². The van der Waals surface area contributed by atoms with E-state index in [9.17, 15) is 0 Å². The van der Waals surface area contributed by atoms with E-state index in [0.29, 0.717) is 19.3 Å². The normalized spacial score (nSPS) is 15.0. The van der Waals surface area contributed by atoms with Crippen molar-refractivity contribution in [3.8, 4) is 11.5 Å². The Bertz CT molecular complexity index is 627. The lowest BCUT2D eigenvalue weighted by atomic mass is 10.1. The molecule has 0 aliphatic carbocycles. The molecule has 2 aromatic rings. The van der Waals surface area contributed by atoms with Crippen LogP contribution in [0.3, 0.4) is 0 Å². The van der Waals surface area contributed by atoms with Gasteiger partial charge in [0.1, 0.15) is 19.0 Å². The molecule has 21 heavy (non-hydrogen) atoms. The van der Waals surface area contributed by atoms with E-state index in [0.717, 1.165) is 34.5 Å². The fourth-order valence-electron chi connectivity index (χ4n) is 2.64. The highest BCUT2D eigenvalue weighted by Gasteiger charge is 2.15. The molecule has 0 radical (unpaired) electrons. The Morgan fingerprint density at radius 3 is 2.76 bits per heavy atom. The average Bonchev–Trinajstić information content (AvgIpc) is 2.51. The Hall–Kier alpha value is -1.97. The van der Waals surface area contributed by atoms with Crippen LogP contribution in [0.4, 0.5) is 5.82 Å². The van der Waals surface area contributed by atoms with Crippen LogP contribution < -0.4 is 14.8 Å². The van der Waals surface area contributed by atoms with E-state index < -0.39 is 0 Å². The summed E-state index contributed by atoms with van der Waals surface area (Å²) >= 11 is 0. The van der Waals surface area contributed by atoms with Gasteiger partial charge in [-0.05, 0) is 36.9 Å². The third-order valence-electron chi connectivity index (χ3n) is 3.80. The van der Waals surface area contributed by atoms with Gasteiger partial charge in [0, 0.05) is 17.6 Å². The number of benzene rings is 1. The maximum absolute atomic E-state index is 5.68. The van der Waals surface area contributed by atoms with Crippen LogP contribution in [0.1, 0.15) is 33.1 Å². The highest BCUT2D eigenvalue weighted by atomic mass is 16.6. The monoisotopic (exact) mass is 286 g/mol. The summed E-state index contributed by atoms with van der Waals surface area (Å²) in [5.41, 5.74) is 0. The van der Waals surface area contributed by atoms with E-state index >= 15 is 0 Å². The number of fused-ring (bicyclic) bond motifs is 2. The van der Waals surface area contributed by atoms with Crippen molar-refractivity contribution in [1.29, 1.82) is 0 Å². The summed E-state index contributed by atoms with van der Waals surface area (Å²) in [6.45, 7) is 5.64. The first kappa shape index (κ1) is 14.0. The smallest absolute Gasteiger partial charge is 0.162 e. The van der Waals surface area contributed by atoms with Gasteiger partial charge in [-0.3, -0.25) is 0 Å². The number of aromatic nitrogens is 1. The second kappa shape index (κ2) is 6.20. The molecule has 1 atom stereocenters. The zero-order valence-corrected chi connectivity index (χ0v) is 12.7. The number of pyridine rings is 1. The van der Waals surface area contributed by atoms with Crippen LogP contribution in [-0.4, -0.2) is 24.2 Å². The fourth-order valence-corrected chi connectivity index (χ4v) is 2.64. The van der Waals surface area contributed by atoms with Crippen molar-refractivity contribution in [3.63, 3.8) is 0 Å². The third kappa shape index (κ3) is 3.04. The summed E-state index contributed by atoms with van der Waals surface area (Å²) in [6, 6.07) is 6.49. The molecule has 1 aromatic heterocycles. The zero-order valence-electron chi connectivity index (χ0n) is 12.7. The highest BCUT2D eigenvalue weighted by molar-refractivity contribution is 5.94. The molecule has 1 unspecified atom stereocenters. The van der Waals surface area contributed by atoms with Gasteiger partial charge in [0.05, 0.1) is 0 Å². The van der Waals surface area contributed by atoms with Crippen LogP contribution in [0, 0.1) is 0 Å². The van der Waals surface area contributed by atoms with Gasteiger partial charge in [-0.25, -0.2) is 4.98 Å². The summed E-state index contributed by atoms with van der Waals surface area (Å²) in [7, 11) is 0. The predicted octanol–water partition coefficient (Wildman–Crippen LogP) is 4.00. The number of ether oxygens (including phenoxy) is 2. The van der Waals surface area contributed by atoms with Gasteiger partial charge in [-0.2, -0.15) is 0 Å². The first-order chi connectivity index (χ1) is 10.3. The Morgan fingerprint density at radius 1 is 1.24 bits per heavy atom.